The van der Waals surface area contributed by atoms with Gasteiger partial charge in [0.1, 0.15) is 29.6 Å². The van der Waals surface area contributed by atoms with Gasteiger partial charge in [0.2, 0.25) is 5.91 Å². The number of hydrogen-bond acceptors (Lipinski definition) is 15. The van der Waals surface area contributed by atoms with Crippen LogP contribution in [0.25, 0.3) is 0 Å². The van der Waals surface area contributed by atoms with Crippen LogP contribution in [0.15, 0.2) is 231 Å². The lowest BCUT2D eigenvalue weighted by Gasteiger charge is -2.28. The van der Waals surface area contributed by atoms with Gasteiger partial charge < -0.3 is 47.8 Å². The van der Waals surface area contributed by atoms with Gasteiger partial charge >= 0.3 is 17.9 Å². The first-order chi connectivity index (χ1) is 48.5. The molecule has 0 spiro atoms. The molecule has 16 nitrogen and oxygen atoms in total. The first kappa shape index (κ1) is 80.8. The second-order valence-electron chi connectivity index (χ2n) is 23.0. The predicted octanol–water partition coefficient (Wildman–Crippen LogP) is 16.7. The van der Waals surface area contributed by atoms with Crippen molar-refractivity contribution in [2.75, 3.05) is 72.7 Å². The van der Waals surface area contributed by atoms with Crippen LogP contribution in [0.1, 0.15) is 98.0 Å². The normalized spacial score (nSPS) is 13.1. The summed E-state index contributed by atoms with van der Waals surface area (Å²) in [5.74, 6) is -4.48. The number of ether oxygens (including phenoxy) is 7. The van der Waals surface area contributed by atoms with E-state index in [2.05, 4.69) is 45.4 Å². The van der Waals surface area contributed by atoms with Gasteiger partial charge in [-0.1, -0.05) is 127 Å². The molecule has 0 fully saturated rings. The quantitative estimate of drug-likeness (QED) is 0.00736. The second-order valence-corrected chi connectivity index (χ2v) is 23.0. The zero-order valence-electron chi connectivity index (χ0n) is 57.6. The summed E-state index contributed by atoms with van der Waals surface area (Å²) in [6.45, 7) is 4.83. The van der Waals surface area contributed by atoms with E-state index in [1.807, 2.05) is 97.1 Å². The molecule has 1 amide bonds. The molecule has 0 aromatic heterocycles. The first-order valence-electron chi connectivity index (χ1n) is 32.6. The number of carbonyl (C=O) groups excluding carboxylic acids is 5. The Labute approximate surface area is 584 Å². The van der Waals surface area contributed by atoms with Crippen molar-refractivity contribution in [2.24, 2.45) is 23.7 Å². The molecule has 0 aliphatic carbocycles. The van der Waals surface area contributed by atoms with E-state index in [0.717, 1.165) is 45.0 Å². The third kappa shape index (κ3) is 26.8. The number of amides is 1. The van der Waals surface area contributed by atoms with Gasteiger partial charge in [-0.2, -0.15) is 0 Å². The largest absolute Gasteiger partial charge is 0.469 e. The molecule has 8 aromatic carbocycles. The van der Waals surface area contributed by atoms with E-state index in [9.17, 15) is 46.7 Å². The number of methoxy groups -OCH3 is 7. The highest BCUT2D eigenvalue weighted by Gasteiger charge is 2.29. The highest BCUT2D eigenvalue weighted by atomic mass is 19.1. The van der Waals surface area contributed by atoms with E-state index in [1.165, 1.54) is 77.0 Å². The maximum Gasteiger partial charge on any atom is 0.309 e. The van der Waals surface area contributed by atoms with Gasteiger partial charge in [-0.3, -0.25) is 24.4 Å². The number of nitrogens with zero attached hydrogens (tertiary/aromatic N) is 2. The molecule has 8 rings (SSSR count). The molecular weight excluding hydrogens is 1290 g/mol. The van der Waals surface area contributed by atoms with Crippen LogP contribution in [0.5, 0.6) is 0 Å². The number of aldehydes is 1. The van der Waals surface area contributed by atoms with Crippen LogP contribution in [0.4, 0.5) is 40.3 Å². The fourth-order valence-corrected chi connectivity index (χ4v) is 11.2. The molecule has 532 valence electrons. The number of benzene rings is 8. The molecule has 20 heteroatoms. The third-order valence-electron chi connectivity index (χ3n) is 16.7. The summed E-state index contributed by atoms with van der Waals surface area (Å²) in [4.78, 5) is 63.1. The molecule has 0 aliphatic rings. The predicted molar refractivity (Wildman–Crippen MR) is 378 cm³/mol. The zero-order valence-corrected chi connectivity index (χ0v) is 57.6. The number of anilines is 4. The van der Waals surface area contributed by atoms with Crippen molar-refractivity contribution in [3.63, 3.8) is 0 Å². The number of hydroxylamine groups is 1. The van der Waals surface area contributed by atoms with E-state index < -0.39 is 29.8 Å². The number of allylic oxidation sites excluding steroid dienone is 1. The molecule has 8 atom stereocenters. The fraction of sp³-hybridized carbons (Fsp3) is 0.312. The molecule has 0 bridgehead atoms. The van der Waals surface area contributed by atoms with Crippen LogP contribution in [-0.4, -0.2) is 98.2 Å². The number of hydrogen-bond donors (Lipinski definition) is 2. The number of rotatable bonds is 34. The Bertz CT molecular complexity index is 3310. The Morgan fingerprint density at radius 3 is 0.890 bits per heavy atom. The van der Waals surface area contributed by atoms with Crippen molar-refractivity contribution < 1.29 is 79.9 Å². The van der Waals surface area contributed by atoms with Gasteiger partial charge in [0, 0.05) is 76.6 Å². The summed E-state index contributed by atoms with van der Waals surface area (Å²) in [6.07, 6.45) is 4.23. The summed E-state index contributed by atoms with van der Waals surface area (Å²) in [5.41, 5.74) is 9.12. The number of esters is 3. The number of para-hydroxylation sites is 4. The topological polar surface area (TPSA) is 189 Å². The maximum atomic E-state index is 13.3. The summed E-state index contributed by atoms with van der Waals surface area (Å²) < 4.78 is 88.7. The van der Waals surface area contributed by atoms with Gasteiger partial charge in [0.25, 0.3) is 0 Å². The molecule has 100 heavy (non-hydrogen) atoms. The molecule has 0 radical (unpaired) electrons. The van der Waals surface area contributed by atoms with E-state index in [4.69, 9.17) is 28.4 Å². The van der Waals surface area contributed by atoms with E-state index in [0.29, 0.717) is 64.3 Å². The Morgan fingerprint density at radius 2 is 0.640 bits per heavy atom. The van der Waals surface area contributed by atoms with Crippen molar-refractivity contribution in [3.8, 4) is 0 Å². The Balaban J connectivity index is 0.000000247. The Hall–Kier alpha value is -9.83. The van der Waals surface area contributed by atoms with Crippen LogP contribution in [0.3, 0.4) is 0 Å². The molecule has 0 saturated carbocycles. The first-order valence-corrected chi connectivity index (χ1v) is 32.6. The van der Waals surface area contributed by atoms with Crippen LogP contribution in [-0.2, 0) is 57.1 Å². The highest BCUT2D eigenvalue weighted by molar-refractivity contribution is 5.78. The molecule has 2 N–H and O–H groups in total. The fourth-order valence-electron chi connectivity index (χ4n) is 11.2. The van der Waals surface area contributed by atoms with Crippen LogP contribution in [0, 0.1) is 46.9 Å². The number of nitrogens with one attached hydrogen (secondary N) is 1. The molecule has 0 aliphatic heterocycles. The van der Waals surface area contributed by atoms with Crippen molar-refractivity contribution in [1.82, 2.24) is 5.48 Å². The Morgan fingerprint density at radius 1 is 0.390 bits per heavy atom. The van der Waals surface area contributed by atoms with Gasteiger partial charge in [-0.15, -0.1) is 6.58 Å². The molecule has 0 saturated heterocycles. The average Bonchev–Trinajstić information content (AvgIpc) is 0.870. The van der Waals surface area contributed by atoms with Gasteiger partial charge in [-0.05, 0) is 164 Å². The lowest BCUT2D eigenvalue weighted by molar-refractivity contribution is -0.148. The van der Waals surface area contributed by atoms with Crippen molar-refractivity contribution in [2.45, 2.75) is 75.8 Å². The maximum absolute atomic E-state index is 13.3. The Kier molecular flexibility index (Phi) is 36.3. The lowest BCUT2D eigenvalue weighted by atomic mass is 9.93. The van der Waals surface area contributed by atoms with Crippen LogP contribution in [0.2, 0.25) is 0 Å². The van der Waals surface area contributed by atoms with E-state index in [1.54, 1.807) is 81.4 Å². The van der Waals surface area contributed by atoms with E-state index >= 15 is 0 Å². The SMILES string of the molecule is C=CC[C@@H](C[C@@H](OC)c1ccc(F)cc1)C(=O)OC.COC(=O)[C@@H](CC=O)C[C@@H](OC)c1ccc(F)cc1.COC(=O)[C@@H](CCN(c1ccccc1)c1ccccc1)C[C@@H](OC)c1ccc(F)cc1.CO[C@H](C[C@H](CCN(c1ccccc1)c1ccccc1)C(=O)NO)c1ccc(F)cc1. The minimum absolute atomic E-state index is 0.0771. The molecule has 8 aromatic rings. The molecular formula is C80H91F4N3O13. The lowest BCUT2D eigenvalue weighted by Crippen LogP contribution is -2.32. The van der Waals surface area contributed by atoms with Gasteiger partial charge in [0.15, 0.2) is 0 Å². The van der Waals surface area contributed by atoms with Crippen LogP contribution >= 0.6 is 0 Å². The zero-order chi connectivity index (χ0) is 72.6. The van der Waals surface area contributed by atoms with Crippen LogP contribution < -0.4 is 15.3 Å². The minimum Gasteiger partial charge on any atom is -0.469 e. The average molecular weight is 1380 g/mol. The summed E-state index contributed by atoms with van der Waals surface area (Å²) in [5, 5.41) is 9.29. The van der Waals surface area contributed by atoms with Gasteiger partial charge in [0.05, 0.1) is 63.5 Å². The smallest absolute Gasteiger partial charge is 0.309 e. The summed E-state index contributed by atoms with van der Waals surface area (Å²) >= 11 is 0. The third-order valence-corrected chi connectivity index (χ3v) is 16.7. The second kappa shape index (κ2) is 45.0. The number of halogens is 4. The monoisotopic (exact) mass is 1380 g/mol. The highest BCUT2D eigenvalue weighted by Crippen LogP contribution is 2.34. The number of carbonyl (C=O) groups is 5. The summed E-state index contributed by atoms with van der Waals surface area (Å²) in [6, 6.07) is 64.2. The van der Waals surface area contributed by atoms with Crippen molar-refractivity contribution in [3.05, 3.63) is 277 Å². The molecule has 0 unspecified atom stereocenters. The molecule has 0 heterocycles. The van der Waals surface area contributed by atoms with Gasteiger partial charge in [-0.25, -0.2) is 23.0 Å². The summed E-state index contributed by atoms with van der Waals surface area (Å²) in [7, 11) is 10.3. The minimum atomic E-state index is -0.558. The van der Waals surface area contributed by atoms with Crippen molar-refractivity contribution >= 4 is 52.9 Å². The van der Waals surface area contributed by atoms with E-state index in [-0.39, 0.29) is 71.8 Å². The van der Waals surface area contributed by atoms with Crippen molar-refractivity contribution in [1.29, 1.82) is 0 Å². The standard InChI is InChI=1S/C26H28FNO3.C25H27FN2O3.C15H19FO3.C14H17FO4/c1-30-25(20-13-15-22(27)16-14-20)19-21(26(29)31-2)17-18-28(23-9-5-3-6-10-23)24-11-7-4-8-12-24;1-31-24(19-12-14-21(26)15-13-19)18-20(25(29)27-30)16-17-28(22-8-4-2-5-9-22)23-10-6-3-7-11-23;1-4-5-12(15(17)19-3)10-14(18-2)11-6-8-13(16)9-7-11;1-18-13(10-3-5-12(15)6-4-10)9-11(7-8-16)14(17)19-2/h3-16,21,25H,17-19H2,1-2H3;2-15,20,24,30H,16-18H2,1H3,(H,27,29);4,6-9,12,14H,1,5,10H2,2-3H3;3-6,8,11,13H,7,9H2,1-2H3/t21-,25+;20-,24+;12-,14+;11-,13+/m0000/s1.